The molecule has 0 saturated carbocycles. The summed E-state index contributed by atoms with van der Waals surface area (Å²) in [5.74, 6) is 1.82. The first-order chi connectivity index (χ1) is 10.4. The standard InChI is InChI=1S/C16H27N3O3/c1-15(2)9-12(16(3,4)22-15)17-10-13-18-14(21-19-13)11-5-7-20-8-6-11/h11-12,17H,5-10H2,1-4H3/t12-/m1/s1. The van der Waals surface area contributed by atoms with Crippen LogP contribution >= 0.6 is 0 Å². The minimum absolute atomic E-state index is 0.0916. The molecule has 0 amide bonds. The van der Waals surface area contributed by atoms with E-state index >= 15 is 0 Å². The van der Waals surface area contributed by atoms with E-state index in [-0.39, 0.29) is 17.2 Å². The van der Waals surface area contributed by atoms with Crippen molar-refractivity contribution in [2.75, 3.05) is 13.2 Å². The van der Waals surface area contributed by atoms with E-state index in [9.17, 15) is 0 Å². The Hall–Kier alpha value is -0.980. The summed E-state index contributed by atoms with van der Waals surface area (Å²) >= 11 is 0. The molecule has 6 heteroatoms. The number of hydrogen-bond acceptors (Lipinski definition) is 6. The smallest absolute Gasteiger partial charge is 0.229 e. The molecule has 0 bridgehead atoms. The summed E-state index contributed by atoms with van der Waals surface area (Å²) in [5.41, 5.74) is -0.275. The summed E-state index contributed by atoms with van der Waals surface area (Å²) in [6, 6.07) is 0.285. The molecule has 6 nitrogen and oxygen atoms in total. The van der Waals surface area contributed by atoms with Crippen LogP contribution in [0.3, 0.4) is 0 Å². The predicted molar refractivity (Wildman–Crippen MR) is 81.6 cm³/mol. The minimum Gasteiger partial charge on any atom is -0.381 e. The minimum atomic E-state index is -0.184. The molecule has 1 N–H and O–H groups in total. The number of nitrogens with zero attached hydrogens (tertiary/aromatic N) is 2. The molecule has 3 rings (SSSR count). The molecule has 1 aromatic heterocycles. The van der Waals surface area contributed by atoms with E-state index in [1.165, 1.54) is 0 Å². The van der Waals surface area contributed by atoms with Crippen LogP contribution in [0.15, 0.2) is 4.52 Å². The predicted octanol–water partition coefficient (Wildman–Crippen LogP) is 2.40. The molecule has 1 aromatic rings. The number of nitrogens with one attached hydrogen (secondary N) is 1. The highest BCUT2D eigenvalue weighted by molar-refractivity contribution is 5.00. The topological polar surface area (TPSA) is 69.4 Å². The molecule has 0 aromatic carbocycles. The zero-order valence-corrected chi connectivity index (χ0v) is 14.0. The van der Waals surface area contributed by atoms with Crippen molar-refractivity contribution in [1.82, 2.24) is 15.5 Å². The average Bonchev–Trinajstić information content (AvgIpc) is 2.99. The molecule has 2 aliphatic heterocycles. The van der Waals surface area contributed by atoms with Crippen LogP contribution in [0.25, 0.3) is 0 Å². The van der Waals surface area contributed by atoms with Crippen LogP contribution in [0.1, 0.15) is 64.6 Å². The summed E-state index contributed by atoms with van der Waals surface area (Å²) < 4.78 is 16.9. The lowest BCUT2D eigenvalue weighted by Crippen LogP contribution is -2.43. The molecule has 2 fully saturated rings. The van der Waals surface area contributed by atoms with Gasteiger partial charge in [-0.05, 0) is 47.0 Å². The van der Waals surface area contributed by atoms with Crippen molar-refractivity contribution in [3.63, 3.8) is 0 Å². The van der Waals surface area contributed by atoms with E-state index in [4.69, 9.17) is 14.0 Å². The highest BCUT2D eigenvalue weighted by Gasteiger charge is 2.45. The zero-order valence-electron chi connectivity index (χ0n) is 14.0. The Bertz CT molecular complexity index is 506. The third-order valence-electron chi connectivity index (χ3n) is 4.64. The molecule has 2 aliphatic rings. The fourth-order valence-corrected chi connectivity index (χ4v) is 3.54. The van der Waals surface area contributed by atoms with E-state index in [1.807, 2.05) is 0 Å². The lowest BCUT2D eigenvalue weighted by atomic mass is 9.94. The number of hydrogen-bond donors (Lipinski definition) is 1. The molecule has 0 unspecified atom stereocenters. The molecule has 3 heterocycles. The van der Waals surface area contributed by atoms with Gasteiger partial charge in [-0.15, -0.1) is 0 Å². The summed E-state index contributed by atoms with van der Waals surface area (Å²) in [6.07, 6.45) is 2.91. The van der Waals surface area contributed by atoms with Crippen molar-refractivity contribution in [1.29, 1.82) is 0 Å². The normalized spacial score (nSPS) is 28.1. The summed E-state index contributed by atoms with van der Waals surface area (Å²) in [7, 11) is 0. The van der Waals surface area contributed by atoms with Gasteiger partial charge < -0.3 is 19.3 Å². The Balaban J connectivity index is 1.57. The van der Waals surface area contributed by atoms with Gasteiger partial charge in [-0.1, -0.05) is 5.16 Å². The second kappa shape index (κ2) is 5.91. The van der Waals surface area contributed by atoms with E-state index < -0.39 is 0 Å². The Labute approximate surface area is 131 Å². The van der Waals surface area contributed by atoms with E-state index in [1.54, 1.807) is 0 Å². The van der Waals surface area contributed by atoms with Crippen molar-refractivity contribution >= 4 is 0 Å². The van der Waals surface area contributed by atoms with Gasteiger partial charge in [0, 0.05) is 25.2 Å². The lowest BCUT2D eigenvalue weighted by Gasteiger charge is -2.27. The second-order valence-corrected chi connectivity index (χ2v) is 7.54. The van der Waals surface area contributed by atoms with Crippen LogP contribution in [-0.4, -0.2) is 40.6 Å². The summed E-state index contributed by atoms with van der Waals surface area (Å²) in [5, 5.41) is 7.63. The van der Waals surface area contributed by atoms with E-state index in [2.05, 4.69) is 43.2 Å². The average molecular weight is 309 g/mol. The Morgan fingerprint density at radius 2 is 1.91 bits per heavy atom. The molecular weight excluding hydrogens is 282 g/mol. The fourth-order valence-electron chi connectivity index (χ4n) is 3.54. The molecule has 2 saturated heterocycles. The Morgan fingerprint density at radius 3 is 2.55 bits per heavy atom. The van der Waals surface area contributed by atoms with Crippen LogP contribution in [-0.2, 0) is 16.0 Å². The van der Waals surface area contributed by atoms with Crippen LogP contribution in [0, 0.1) is 0 Å². The van der Waals surface area contributed by atoms with Gasteiger partial charge in [-0.25, -0.2) is 0 Å². The largest absolute Gasteiger partial charge is 0.381 e. The van der Waals surface area contributed by atoms with Crippen molar-refractivity contribution in [2.45, 2.75) is 76.7 Å². The summed E-state index contributed by atoms with van der Waals surface area (Å²) in [4.78, 5) is 4.54. The SMILES string of the molecule is CC1(C)C[C@@H](NCc2noc(C3CCOCC3)n2)C(C)(C)O1. The first-order valence-electron chi connectivity index (χ1n) is 8.19. The molecule has 0 radical (unpaired) electrons. The molecule has 22 heavy (non-hydrogen) atoms. The van der Waals surface area contributed by atoms with Crippen molar-refractivity contribution in [3.05, 3.63) is 11.7 Å². The van der Waals surface area contributed by atoms with E-state index in [0.29, 0.717) is 12.5 Å². The van der Waals surface area contributed by atoms with Crippen LogP contribution in [0.4, 0.5) is 0 Å². The van der Waals surface area contributed by atoms with Crippen LogP contribution < -0.4 is 5.32 Å². The van der Waals surface area contributed by atoms with Gasteiger partial charge in [0.2, 0.25) is 5.89 Å². The monoisotopic (exact) mass is 309 g/mol. The molecule has 124 valence electrons. The summed E-state index contributed by atoms with van der Waals surface area (Å²) in [6.45, 7) is 10.7. The first-order valence-corrected chi connectivity index (χ1v) is 8.19. The van der Waals surface area contributed by atoms with Gasteiger partial charge in [-0.2, -0.15) is 4.98 Å². The van der Waals surface area contributed by atoms with Crippen molar-refractivity contribution in [3.8, 4) is 0 Å². The quantitative estimate of drug-likeness (QED) is 0.921. The number of rotatable bonds is 4. The molecule has 0 spiro atoms. The first kappa shape index (κ1) is 15.9. The molecular formula is C16H27N3O3. The highest BCUT2D eigenvalue weighted by atomic mass is 16.5. The maximum atomic E-state index is 6.10. The van der Waals surface area contributed by atoms with Crippen LogP contribution in [0.2, 0.25) is 0 Å². The van der Waals surface area contributed by atoms with Gasteiger partial charge in [0.25, 0.3) is 0 Å². The Kier molecular flexibility index (Phi) is 4.27. The second-order valence-electron chi connectivity index (χ2n) is 7.54. The highest BCUT2D eigenvalue weighted by Crippen LogP contribution is 2.37. The van der Waals surface area contributed by atoms with Crippen LogP contribution in [0.5, 0.6) is 0 Å². The third-order valence-corrected chi connectivity index (χ3v) is 4.64. The number of ether oxygens (including phenoxy) is 2. The number of aromatic nitrogens is 2. The third kappa shape index (κ3) is 3.50. The molecule has 0 aliphatic carbocycles. The van der Waals surface area contributed by atoms with Gasteiger partial charge in [0.1, 0.15) is 0 Å². The zero-order chi connectivity index (χ0) is 15.8. The Morgan fingerprint density at radius 1 is 1.18 bits per heavy atom. The van der Waals surface area contributed by atoms with Gasteiger partial charge in [-0.3, -0.25) is 0 Å². The van der Waals surface area contributed by atoms with Crippen molar-refractivity contribution < 1.29 is 14.0 Å². The lowest BCUT2D eigenvalue weighted by molar-refractivity contribution is -0.0699. The fraction of sp³-hybridized carbons (Fsp3) is 0.875. The van der Waals surface area contributed by atoms with Gasteiger partial charge >= 0.3 is 0 Å². The van der Waals surface area contributed by atoms with Gasteiger partial charge in [0.05, 0.1) is 17.7 Å². The van der Waals surface area contributed by atoms with E-state index in [0.717, 1.165) is 44.2 Å². The maximum Gasteiger partial charge on any atom is 0.229 e. The van der Waals surface area contributed by atoms with Crippen molar-refractivity contribution in [2.24, 2.45) is 0 Å². The maximum absolute atomic E-state index is 6.10. The van der Waals surface area contributed by atoms with Gasteiger partial charge in [0.15, 0.2) is 5.82 Å². The molecule has 1 atom stereocenters.